The molecule has 2 unspecified atom stereocenters. The molecule has 0 amide bonds. The number of aromatic nitrogens is 2. The molecule has 0 radical (unpaired) electrons. The summed E-state index contributed by atoms with van der Waals surface area (Å²) in [5, 5.41) is 0. The van der Waals surface area contributed by atoms with E-state index in [9.17, 15) is 0 Å². The number of rotatable bonds is 4. The van der Waals surface area contributed by atoms with E-state index in [2.05, 4.69) is 41.6 Å². The first-order valence-corrected chi connectivity index (χ1v) is 8.72. The van der Waals surface area contributed by atoms with Gasteiger partial charge < -0.3 is 4.57 Å². The van der Waals surface area contributed by atoms with Crippen molar-refractivity contribution in [1.29, 1.82) is 0 Å². The minimum atomic E-state index is 0.495. The lowest BCUT2D eigenvalue weighted by atomic mass is 9.81. The molecule has 1 fully saturated rings. The molecule has 21 heavy (non-hydrogen) atoms. The van der Waals surface area contributed by atoms with Crippen molar-refractivity contribution in [3.8, 4) is 0 Å². The lowest BCUT2D eigenvalue weighted by Gasteiger charge is -2.27. The number of alkyl halides is 1. The van der Waals surface area contributed by atoms with Gasteiger partial charge >= 0.3 is 0 Å². The number of hydrogen-bond donors (Lipinski definition) is 0. The van der Waals surface area contributed by atoms with Crippen LogP contribution in [0.5, 0.6) is 0 Å². The predicted molar refractivity (Wildman–Crippen MR) is 89.8 cm³/mol. The number of aryl methyl sites for hydroxylation is 2. The first kappa shape index (κ1) is 14.9. The normalized spacial score (nSPS) is 22.8. The number of fused-ring (bicyclic) bond motifs is 1. The molecule has 3 heteroatoms. The van der Waals surface area contributed by atoms with E-state index >= 15 is 0 Å². The lowest BCUT2D eigenvalue weighted by Crippen LogP contribution is -2.16. The maximum absolute atomic E-state index is 6.10. The molecule has 1 heterocycles. The second kappa shape index (κ2) is 6.39. The molecule has 0 spiro atoms. The van der Waals surface area contributed by atoms with Gasteiger partial charge in [0.2, 0.25) is 0 Å². The molecule has 1 saturated carbocycles. The summed E-state index contributed by atoms with van der Waals surface area (Å²) in [4.78, 5) is 4.68. The van der Waals surface area contributed by atoms with Crippen molar-refractivity contribution in [2.45, 2.75) is 58.4 Å². The van der Waals surface area contributed by atoms with Gasteiger partial charge in [0.05, 0.1) is 16.9 Å². The van der Waals surface area contributed by atoms with Crippen LogP contribution < -0.4 is 0 Å². The number of halogens is 1. The van der Waals surface area contributed by atoms with Crippen LogP contribution in [0.25, 0.3) is 11.0 Å². The lowest BCUT2D eigenvalue weighted by molar-refractivity contribution is 0.261. The molecule has 2 nitrogen and oxygen atoms in total. The average Bonchev–Trinajstić information content (AvgIpc) is 2.82. The highest BCUT2D eigenvalue weighted by Gasteiger charge is 2.19. The Balaban J connectivity index is 1.80. The minimum absolute atomic E-state index is 0.495. The number of hydrogen-bond acceptors (Lipinski definition) is 1. The number of benzene rings is 1. The van der Waals surface area contributed by atoms with Crippen molar-refractivity contribution < 1.29 is 0 Å². The summed E-state index contributed by atoms with van der Waals surface area (Å²) < 4.78 is 2.34. The van der Waals surface area contributed by atoms with Crippen LogP contribution in [0, 0.1) is 18.8 Å². The Morgan fingerprint density at radius 1 is 1.33 bits per heavy atom. The Morgan fingerprint density at radius 2 is 2.19 bits per heavy atom. The highest BCUT2D eigenvalue weighted by atomic mass is 35.5. The van der Waals surface area contributed by atoms with Crippen LogP contribution in [0.1, 0.15) is 50.4 Å². The quantitative estimate of drug-likeness (QED) is 0.701. The summed E-state index contributed by atoms with van der Waals surface area (Å²) in [5.41, 5.74) is 3.61. The molecule has 114 valence electrons. The second-order valence-electron chi connectivity index (χ2n) is 6.73. The molecule has 0 bridgehead atoms. The first-order valence-electron chi connectivity index (χ1n) is 8.19. The third-order valence-corrected chi connectivity index (χ3v) is 5.15. The van der Waals surface area contributed by atoms with Gasteiger partial charge in [0, 0.05) is 6.54 Å². The van der Waals surface area contributed by atoms with Crippen LogP contribution in [-0.2, 0) is 12.4 Å². The maximum Gasteiger partial charge on any atom is 0.124 e. The van der Waals surface area contributed by atoms with Gasteiger partial charge in [0.25, 0.3) is 0 Å². The SMILES string of the molecule is Cc1ccc2nc(CCl)n(CCC3CCCC(C)C3)c2c1. The van der Waals surface area contributed by atoms with Crippen molar-refractivity contribution in [2.24, 2.45) is 11.8 Å². The molecular weight excluding hydrogens is 280 g/mol. The molecule has 0 aliphatic heterocycles. The summed E-state index contributed by atoms with van der Waals surface area (Å²) in [7, 11) is 0. The predicted octanol–water partition coefficient (Wildman–Crippen LogP) is 5.30. The minimum Gasteiger partial charge on any atom is -0.327 e. The summed E-state index contributed by atoms with van der Waals surface area (Å²) in [6.07, 6.45) is 6.86. The van der Waals surface area contributed by atoms with Crippen LogP contribution >= 0.6 is 11.6 Å². The van der Waals surface area contributed by atoms with Gasteiger partial charge in [-0.3, -0.25) is 0 Å². The molecule has 2 atom stereocenters. The van der Waals surface area contributed by atoms with Crippen molar-refractivity contribution >= 4 is 22.6 Å². The fourth-order valence-electron chi connectivity index (χ4n) is 3.77. The largest absolute Gasteiger partial charge is 0.327 e. The first-order chi connectivity index (χ1) is 10.2. The summed E-state index contributed by atoms with van der Waals surface area (Å²) >= 11 is 6.10. The van der Waals surface area contributed by atoms with Crippen LogP contribution in [-0.4, -0.2) is 9.55 Å². The topological polar surface area (TPSA) is 17.8 Å². The molecule has 1 aliphatic carbocycles. The van der Waals surface area contributed by atoms with Crippen LogP contribution in [0.3, 0.4) is 0 Å². The third-order valence-electron chi connectivity index (χ3n) is 4.91. The smallest absolute Gasteiger partial charge is 0.124 e. The van der Waals surface area contributed by atoms with Gasteiger partial charge in [-0.25, -0.2) is 4.98 Å². The molecule has 0 N–H and O–H groups in total. The molecular formula is C18H25ClN2. The highest BCUT2D eigenvalue weighted by molar-refractivity contribution is 6.16. The van der Waals surface area contributed by atoms with E-state index in [1.54, 1.807) is 0 Å². The Hall–Kier alpha value is -1.02. The van der Waals surface area contributed by atoms with E-state index in [4.69, 9.17) is 11.6 Å². The summed E-state index contributed by atoms with van der Waals surface area (Å²) in [6, 6.07) is 6.47. The Bertz CT molecular complexity index is 617. The molecule has 0 saturated heterocycles. The second-order valence-corrected chi connectivity index (χ2v) is 7.00. The molecule has 1 aromatic carbocycles. The Morgan fingerprint density at radius 3 is 2.95 bits per heavy atom. The van der Waals surface area contributed by atoms with Gasteiger partial charge in [0.15, 0.2) is 0 Å². The van der Waals surface area contributed by atoms with Crippen LogP contribution in [0.15, 0.2) is 18.2 Å². The van der Waals surface area contributed by atoms with Gasteiger partial charge in [-0.1, -0.05) is 32.3 Å². The fourth-order valence-corrected chi connectivity index (χ4v) is 3.97. The van der Waals surface area contributed by atoms with E-state index in [1.165, 1.54) is 43.2 Å². The third kappa shape index (κ3) is 3.26. The summed E-state index contributed by atoms with van der Waals surface area (Å²) in [5.74, 6) is 3.28. The van der Waals surface area contributed by atoms with Gasteiger partial charge in [-0.2, -0.15) is 0 Å². The van der Waals surface area contributed by atoms with Gasteiger partial charge in [-0.05, 0) is 49.3 Å². The molecule has 2 aromatic rings. The number of nitrogens with zero attached hydrogens (tertiary/aromatic N) is 2. The van der Waals surface area contributed by atoms with Crippen molar-refractivity contribution in [3.63, 3.8) is 0 Å². The van der Waals surface area contributed by atoms with E-state index in [-0.39, 0.29) is 0 Å². The average molecular weight is 305 g/mol. The molecule has 1 aromatic heterocycles. The van der Waals surface area contributed by atoms with Gasteiger partial charge in [0.1, 0.15) is 5.82 Å². The Labute approximate surface area is 132 Å². The summed E-state index contributed by atoms with van der Waals surface area (Å²) in [6.45, 7) is 5.59. The maximum atomic E-state index is 6.10. The van der Waals surface area contributed by atoms with Crippen molar-refractivity contribution in [3.05, 3.63) is 29.6 Å². The monoisotopic (exact) mass is 304 g/mol. The number of imidazole rings is 1. The zero-order valence-corrected chi connectivity index (χ0v) is 13.9. The standard InChI is InChI=1S/C18H25ClN2/c1-13-4-3-5-15(10-13)8-9-21-17-11-14(2)6-7-16(17)20-18(21)12-19/h6-7,11,13,15H,3-5,8-10,12H2,1-2H3. The zero-order valence-electron chi connectivity index (χ0n) is 13.1. The van der Waals surface area contributed by atoms with Crippen LogP contribution in [0.2, 0.25) is 0 Å². The van der Waals surface area contributed by atoms with Crippen molar-refractivity contribution in [2.75, 3.05) is 0 Å². The highest BCUT2D eigenvalue weighted by Crippen LogP contribution is 2.31. The van der Waals surface area contributed by atoms with Crippen molar-refractivity contribution in [1.82, 2.24) is 9.55 Å². The van der Waals surface area contributed by atoms with Crippen LogP contribution in [0.4, 0.5) is 0 Å². The van der Waals surface area contributed by atoms with E-state index in [0.29, 0.717) is 5.88 Å². The molecule has 1 aliphatic rings. The fraction of sp³-hybridized carbons (Fsp3) is 0.611. The van der Waals surface area contributed by atoms with E-state index < -0.39 is 0 Å². The van der Waals surface area contributed by atoms with E-state index in [1.807, 2.05) is 0 Å². The zero-order chi connectivity index (χ0) is 14.8. The van der Waals surface area contributed by atoms with E-state index in [0.717, 1.165) is 29.7 Å². The molecule has 3 rings (SSSR count). The Kier molecular flexibility index (Phi) is 4.54. The van der Waals surface area contributed by atoms with Gasteiger partial charge in [-0.15, -0.1) is 11.6 Å².